The Kier molecular flexibility index (Phi) is 4.53. The zero-order valence-corrected chi connectivity index (χ0v) is 11.9. The van der Waals surface area contributed by atoms with Crippen LogP contribution in [0.1, 0.15) is 23.7 Å². The molecule has 110 valence electrons. The molecule has 0 aromatic heterocycles. The summed E-state index contributed by atoms with van der Waals surface area (Å²) in [6.07, 6.45) is 0.936. The molecule has 0 radical (unpaired) electrons. The summed E-state index contributed by atoms with van der Waals surface area (Å²) < 4.78 is 11.5. The van der Waals surface area contributed by atoms with Crippen LogP contribution in [0.4, 0.5) is 0 Å². The van der Waals surface area contributed by atoms with Crippen molar-refractivity contribution in [2.45, 2.75) is 19.1 Å². The van der Waals surface area contributed by atoms with Crippen LogP contribution in [0.3, 0.4) is 0 Å². The van der Waals surface area contributed by atoms with E-state index in [9.17, 15) is 5.11 Å². The van der Waals surface area contributed by atoms with E-state index in [-0.39, 0.29) is 18.6 Å². The molecule has 2 aromatic rings. The summed E-state index contributed by atoms with van der Waals surface area (Å²) in [6, 6.07) is 18.1. The Balaban J connectivity index is 1.61. The van der Waals surface area contributed by atoms with Crippen molar-refractivity contribution < 1.29 is 14.6 Å². The predicted octanol–water partition coefficient (Wildman–Crippen LogP) is 3.34. The Labute approximate surface area is 125 Å². The highest BCUT2D eigenvalue weighted by Gasteiger charge is 2.28. The summed E-state index contributed by atoms with van der Waals surface area (Å²) in [5, 5.41) is 9.36. The first-order valence-electron chi connectivity index (χ1n) is 7.36. The predicted molar refractivity (Wildman–Crippen MR) is 81.1 cm³/mol. The van der Waals surface area contributed by atoms with Gasteiger partial charge in [-0.05, 0) is 29.7 Å². The molecule has 0 bridgehead atoms. The molecule has 0 amide bonds. The maximum atomic E-state index is 9.36. The Hall–Kier alpha value is -1.84. The van der Waals surface area contributed by atoms with Gasteiger partial charge < -0.3 is 14.6 Å². The summed E-state index contributed by atoms with van der Waals surface area (Å²) in [4.78, 5) is 0. The average Bonchev–Trinajstić information content (AvgIpc) is 3.03. The molecule has 0 spiro atoms. The molecule has 1 fully saturated rings. The normalized spacial score (nSPS) is 21.4. The van der Waals surface area contributed by atoms with Crippen molar-refractivity contribution in [3.05, 3.63) is 65.7 Å². The van der Waals surface area contributed by atoms with E-state index in [0.29, 0.717) is 6.61 Å². The second kappa shape index (κ2) is 6.74. The minimum atomic E-state index is 0.0122. The van der Waals surface area contributed by atoms with E-state index in [1.54, 1.807) is 0 Å². The van der Waals surface area contributed by atoms with Crippen LogP contribution in [-0.4, -0.2) is 18.3 Å². The number of hydrogen-bond acceptors (Lipinski definition) is 3. The molecule has 0 aliphatic carbocycles. The van der Waals surface area contributed by atoms with Gasteiger partial charge in [0.05, 0.1) is 6.10 Å². The maximum absolute atomic E-state index is 9.36. The molecule has 3 heteroatoms. The molecule has 2 aromatic carbocycles. The number of hydrogen-bond donors (Lipinski definition) is 1. The molecule has 1 aliphatic heterocycles. The molecular formula is C18H20O3. The Morgan fingerprint density at radius 3 is 2.52 bits per heavy atom. The topological polar surface area (TPSA) is 38.7 Å². The highest BCUT2D eigenvalue weighted by atomic mass is 16.5. The molecule has 2 unspecified atom stereocenters. The van der Waals surface area contributed by atoms with Gasteiger partial charge in [-0.1, -0.05) is 42.5 Å². The van der Waals surface area contributed by atoms with E-state index in [4.69, 9.17) is 9.47 Å². The summed E-state index contributed by atoms with van der Waals surface area (Å²) in [5.74, 6) is 1.06. The van der Waals surface area contributed by atoms with Crippen LogP contribution in [0.2, 0.25) is 0 Å². The van der Waals surface area contributed by atoms with E-state index in [2.05, 4.69) is 0 Å². The second-order valence-corrected chi connectivity index (χ2v) is 5.37. The monoisotopic (exact) mass is 284 g/mol. The van der Waals surface area contributed by atoms with Crippen molar-refractivity contribution in [2.24, 2.45) is 5.92 Å². The largest absolute Gasteiger partial charge is 0.489 e. The fraction of sp³-hybridized carbons (Fsp3) is 0.333. The zero-order valence-electron chi connectivity index (χ0n) is 11.9. The van der Waals surface area contributed by atoms with Gasteiger partial charge in [-0.2, -0.15) is 0 Å². The lowest BCUT2D eigenvalue weighted by Gasteiger charge is -2.17. The molecule has 0 saturated carbocycles. The quantitative estimate of drug-likeness (QED) is 0.915. The van der Waals surface area contributed by atoms with E-state index in [1.807, 2.05) is 54.6 Å². The molecular weight excluding hydrogens is 264 g/mol. The Morgan fingerprint density at radius 2 is 1.81 bits per heavy atom. The molecule has 1 N–H and O–H groups in total. The van der Waals surface area contributed by atoms with Gasteiger partial charge in [-0.15, -0.1) is 0 Å². The van der Waals surface area contributed by atoms with Crippen LogP contribution in [0.15, 0.2) is 54.6 Å². The zero-order chi connectivity index (χ0) is 14.5. The first kappa shape index (κ1) is 14.1. The maximum Gasteiger partial charge on any atom is 0.119 e. The summed E-state index contributed by atoms with van der Waals surface area (Å²) in [5.41, 5.74) is 2.26. The van der Waals surface area contributed by atoms with E-state index in [1.165, 1.54) is 0 Å². The lowest BCUT2D eigenvalue weighted by Crippen LogP contribution is -2.11. The molecule has 3 nitrogen and oxygen atoms in total. The van der Waals surface area contributed by atoms with Gasteiger partial charge in [0.1, 0.15) is 12.4 Å². The van der Waals surface area contributed by atoms with Crippen molar-refractivity contribution in [1.29, 1.82) is 0 Å². The van der Waals surface area contributed by atoms with E-state index >= 15 is 0 Å². The van der Waals surface area contributed by atoms with Gasteiger partial charge >= 0.3 is 0 Å². The lowest BCUT2D eigenvalue weighted by atomic mass is 9.96. The first-order valence-corrected chi connectivity index (χ1v) is 7.36. The minimum Gasteiger partial charge on any atom is -0.489 e. The lowest BCUT2D eigenvalue weighted by molar-refractivity contribution is 0.0720. The van der Waals surface area contributed by atoms with Crippen LogP contribution < -0.4 is 4.74 Å². The highest BCUT2D eigenvalue weighted by Crippen LogP contribution is 2.34. The summed E-state index contributed by atoms with van der Waals surface area (Å²) >= 11 is 0. The van der Waals surface area contributed by atoms with Crippen LogP contribution in [0.5, 0.6) is 5.75 Å². The highest BCUT2D eigenvalue weighted by molar-refractivity contribution is 5.29. The molecule has 1 heterocycles. The molecule has 3 rings (SSSR count). The average molecular weight is 284 g/mol. The number of benzene rings is 2. The summed E-state index contributed by atoms with van der Waals surface area (Å²) in [6.45, 7) is 1.47. The van der Waals surface area contributed by atoms with Crippen molar-refractivity contribution in [2.75, 3.05) is 13.2 Å². The fourth-order valence-electron chi connectivity index (χ4n) is 2.68. The molecule has 2 atom stereocenters. The Morgan fingerprint density at radius 1 is 1.05 bits per heavy atom. The summed E-state index contributed by atoms with van der Waals surface area (Å²) in [7, 11) is 0. The van der Waals surface area contributed by atoms with Crippen LogP contribution in [0.25, 0.3) is 0 Å². The molecule has 1 saturated heterocycles. The molecule has 1 aliphatic rings. The number of ether oxygens (including phenoxy) is 2. The standard InChI is InChI=1S/C18H20O3/c19-12-16-10-11-20-18(16)15-6-8-17(9-7-15)21-13-14-4-2-1-3-5-14/h1-9,16,18-19H,10-13H2. The minimum absolute atomic E-state index is 0.0122. The third-order valence-corrected chi connectivity index (χ3v) is 3.91. The van der Waals surface area contributed by atoms with Gasteiger partial charge in [0, 0.05) is 19.1 Å². The number of rotatable bonds is 5. The second-order valence-electron chi connectivity index (χ2n) is 5.37. The van der Waals surface area contributed by atoms with Gasteiger partial charge in [0.25, 0.3) is 0 Å². The molecule has 21 heavy (non-hydrogen) atoms. The SMILES string of the molecule is OCC1CCOC1c1ccc(OCc2ccccc2)cc1. The first-order chi connectivity index (χ1) is 10.4. The van der Waals surface area contributed by atoms with Crippen LogP contribution in [-0.2, 0) is 11.3 Å². The third-order valence-electron chi connectivity index (χ3n) is 3.91. The van der Waals surface area contributed by atoms with Gasteiger partial charge in [0.15, 0.2) is 0 Å². The smallest absolute Gasteiger partial charge is 0.119 e. The Bertz CT molecular complexity index is 550. The van der Waals surface area contributed by atoms with Gasteiger partial charge in [0.2, 0.25) is 0 Å². The van der Waals surface area contributed by atoms with Crippen molar-refractivity contribution in [3.8, 4) is 5.75 Å². The number of aliphatic hydroxyl groups is 1. The number of aliphatic hydroxyl groups excluding tert-OH is 1. The van der Waals surface area contributed by atoms with E-state index < -0.39 is 0 Å². The third kappa shape index (κ3) is 3.43. The van der Waals surface area contributed by atoms with Gasteiger partial charge in [-0.25, -0.2) is 0 Å². The van der Waals surface area contributed by atoms with E-state index in [0.717, 1.165) is 29.9 Å². The van der Waals surface area contributed by atoms with Crippen molar-refractivity contribution in [3.63, 3.8) is 0 Å². The van der Waals surface area contributed by atoms with Crippen molar-refractivity contribution >= 4 is 0 Å². The fourth-order valence-corrected chi connectivity index (χ4v) is 2.68. The van der Waals surface area contributed by atoms with Crippen molar-refractivity contribution in [1.82, 2.24) is 0 Å². The van der Waals surface area contributed by atoms with Gasteiger partial charge in [-0.3, -0.25) is 0 Å². The van der Waals surface area contributed by atoms with Crippen LogP contribution in [0, 0.1) is 5.92 Å². The van der Waals surface area contributed by atoms with Crippen LogP contribution >= 0.6 is 0 Å².